The minimum atomic E-state index is -4.83. The van der Waals surface area contributed by atoms with Gasteiger partial charge in [0.2, 0.25) is 0 Å². The number of halogens is 3. The number of benzene rings is 1. The molecule has 0 radical (unpaired) electrons. The first-order valence-electron chi connectivity index (χ1n) is 5.66. The Morgan fingerprint density at radius 1 is 1.33 bits per heavy atom. The van der Waals surface area contributed by atoms with Crippen LogP contribution < -0.4 is 5.32 Å². The highest BCUT2D eigenvalue weighted by atomic mass is 19.4. The predicted molar refractivity (Wildman–Crippen MR) is 63.2 cm³/mol. The molecule has 0 unspecified atom stereocenters. The molecule has 0 bridgehead atoms. The van der Waals surface area contributed by atoms with Crippen molar-refractivity contribution in [3.05, 3.63) is 34.9 Å². The van der Waals surface area contributed by atoms with E-state index >= 15 is 0 Å². The third kappa shape index (κ3) is 3.75. The normalized spacial score (nSPS) is 11.7. The summed E-state index contributed by atoms with van der Waals surface area (Å²) in [5.41, 5.74) is 2.61. The van der Waals surface area contributed by atoms with Gasteiger partial charge in [0.25, 0.3) is 0 Å². The van der Waals surface area contributed by atoms with Crippen molar-refractivity contribution in [3.63, 3.8) is 0 Å². The summed E-state index contributed by atoms with van der Waals surface area (Å²) in [5, 5.41) is 1.88. The number of amides is 1. The Bertz CT molecular complexity index is 438. The molecule has 1 aromatic rings. The standard InChI is InChI=1S/C13H16F3NO/c1-8(2)10-5-4-9(3)11(6-10)7-17-12(18)13(14,15)16/h4-6,8H,7H2,1-3H3,(H,17,18). The molecule has 0 aliphatic carbocycles. The lowest BCUT2D eigenvalue weighted by molar-refractivity contribution is -0.173. The summed E-state index contributed by atoms with van der Waals surface area (Å²) in [7, 11) is 0. The second-order valence-electron chi connectivity index (χ2n) is 4.52. The Hall–Kier alpha value is -1.52. The molecule has 0 saturated heterocycles. The molecule has 0 atom stereocenters. The van der Waals surface area contributed by atoms with Gasteiger partial charge in [0.1, 0.15) is 0 Å². The van der Waals surface area contributed by atoms with E-state index in [1.165, 1.54) is 0 Å². The van der Waals surface area contributed by atoms with Gasteiger partial charge in [-0.2, -0.15) is 13.2 Å². The van der Waals surface area contributed by atoms with Crippen molar-refractivity contribution in [2.45, 2.75) is 39.4 Å². The van der Waals surface area contributed by atoms with Crippen LogP contribution in [0.25, 0.3) is 0 Å². The maximum atomic E-state index is 12.0. The summed E-state index contributed by atoms with van der Waals surface area (Å²) in [6, 6.07) is 5.62. The number of aryl methyl sites for hydroxylation is 1. The van der Waals surface area contributed by atoms with E-state index in [1.807, 2.05) is 37.4 Å². The Morgan fingerprint density at radius 3 is 2.44 bits per heavy atom. The monoisotopic (exact) mass is 259 g/mol. The van der Waals surface area contributed by atoms with E-state index in [2.05, 4.69) is 0 Å². The molecule has 100 valence electrons. The van der Waals surface area contributed by atoms with Crippen molar-refractivity contribution in [1.29, 1.82) is 0 Å². The van der Waals surface area contributed by atoms with Gasteiger partial charge >= 0.3 is 12.1 Å². The number of rotatable bonds is 3. The fourth-order valence-electron chi connectivity index (χ4n) is 1.52. The van der Waals surface area contributed by atoms with Gasteiger partial charge in [-0.15, -0.1) is 0 Å². The van der Waals surface area contributed by atoms with E-state index in [4.69, 9.17) is 0 Å². The highest BCUT2D eigenvalue weighted by Crippen LogP contribution is 2.19. The van der Waals surface area contributed by atoms with Crippen molar-refractivity contribution in [2.24, 2.45) is 0 Å². The zero-order valence-corrected chi connectivity index (χ0v) is 10.6. The second kappa shape index (κ2) is 5.42. The van der Waals surface area contributed by atoms with E-state index in [0.717, 1.165) is 11.1 Å². The predicted octanol–water partition coefficient (Wildman–Crippen LogP) is 3.30. The lowest BCUT2D eigenvalue weighted by atomic mass is 9.98. The molecule has 1 N–H and O–H groups in total. The molecular formula is C13H16F3NO. The third-order valence-corrected chi connectivity index (χ3v) is 2.74. The van der Waals surface area contributed by atoms with Crippen LogP contribution in [0.3, 0.4) is 0 Å². The van der Waals surface area contributed by atoms with E-state index in [-0.39, 0.29) is 6.54 Å². The molecule has 1 rings (SSSR count). The number of hydrogen-bond donors (Lipinski definition) is 1. The smallest absolute Gasteiger partial charge is 0.344 e. The molecule has 0 fully saturated rings. The summed E-state index contributed by atoms with van der Waals surface area (Å²) < 4.78 is 36.1. The molecule has 18 heavy (non-hydrogen) atoms. The van der Waals surface area contributed by atoms with Crippen molar-refractivity contribution < 1.29 is 18.0 Å². The lowest BCUT2D eigenvalue weighted by Crippen LogP contribution is -2.36. The average molecular weight is 259 g/mol. The van der Waals surface area contributed by atoms with Gasteiger partial charge in [-0.1, -0.05) is 32.0 Å². The summed E-state index contributed by atoms with van der Waals surface area (Å²) in [6.45, 7) is 5.70. The van der Waals surface area contributed by atoms with Crippen molar-refractivity contribution in [2.75, 3.05) is 0 Å². The maximum Gasteiger partial charge on any atom is 0.471 e. The van der Waals surface area contributed by atoms with Crippen LogP contribution >= 0.6 is 0 Å². The van der Waals surface area contributed by atoms with Crippen LogP contribution in [-0.4, -0.2) is 12.1 Å². The Balaban J connectivity index is 2.79. The molecular weight excluding hydrogens is 243 g/mol. The molecule has 1 aromatic carbocycles. The molecule has 0 aliphatic rings. The van der Waals surface area contributed by atoms with Crippen LogP contribution in [0, 0.1) is 6.92 Å². The molecule has 5 heteroatoms. The zero-order chi connectivity index (χ0) is 13.9. The van der Waals surface area contributed by atoms with E-state index in [0.29, 0.717) is 11.5 Å². The first kappa shape index (κ1) is 14.5. The molecule has 0 spiro atoms. The van der Waals surface area contributed by atoms with Gasteiger partial charge in [-0.3, -0.25) is 4.79 Å². The van der Waals surface area contributed by atoms with Crippen LogP contribution in [0.4, 0.5) is 13.2 Å². The van der Waals surface area contributed by atoms with Crippen LogP contribution in [-0.2, 0) is 11.3 Å². The lowest BCUT2D eigenvalue weighted by Gasteiger charge is -2.13. The molecule has 2 nitrogen and oxygen atoms in total. The largest absolute Gasteiger partial charge is 0.471 e. The Morgan fingerprint density at radius 2 is 1.94 bits per heavy atom. The Labute approximate surface area is 104 Å². The number of alkyl halides is 3. The van der Waals surface area contributed by atoms with Crippen molar-refractivity contribution in [3.8, 4) is 0 Å². The molecule has 0 aromatic heterocycles. The summed E-state index contributed by atoms with van der Waals surface area (Å²) in [6.07, 6.45) is -4.83. The first-order chi connectivity index (χ1) is 8.21. The van der Waals surface area contributed by atoms with E-state index < -0.39 is 12.1 Å². The molecule has 1 amide bonds. The topological polar surface area (TPSA) is 29.1 Å². The fourth-order valence-corrected chi connectivity index (χ4v) is 1.52. The van der Waals surface area contributed by atoms with Crippen LogP contribution in [0.5, 0.6) is 0 Å². The number of carbonyl (C=O) groups excluding carboxylic acids is 1. The number of carbonyl (C=O) groups is 1. The second-order valence-corrected chi connectivity index (χ2v) is 4.52. The fraction of sp³-hybridized carbons (Fsp3) is 0.462. The molecule has 0 saturated carbocycles. The van der Waals surface area contributed by atoms with E-state index in [1.54, 1.807) is 6.92 Å². The van der Waals surface area contributed by atoms with Gasteiger partial charge in [0, 0.05) is 6.54 Å². The average Bonchev–Trinajstić information content (AvgIpc) is 2.25. The third-order valence-electron chi connectivity index (χ3n) is 2.74. The minimum Gasteiger partial charge on any atom is -0.344 e. The van der Waals surface area contributed by atoms with Crippen molar-refractivity contribution in [1.82, 2.24) is 5.32 Å². The van der Waals surface area contributed by atoms with Gasteiger partial charge in [-0.25, -0.2) is 0 Å². The minimum absolute atomic E-state index is 0.106. The quantitative estimate of drug-likeness (QED) is 0.886. The van der Waals surface area contributed by atoms with Crippen LogP contribution in [0.15, 0.2) is 18.2 Å². The molecule has 0 aliphatic heterocycles. The van der Waals surface area contributed by atoms with Crippen LogP contribution in [0.2, 0.25) is 0 Å². The Kier molecular flexibility index (Phi) is 4.38. The van der Waals surface area contributed by atoms with Crippen molar-refractivity contribution >= 4 is 5.91 Å². The summed E-state index contributed by atoms with van der Waals surface area (Å²) in [4.78, 5) is 10.7. The zero-order valence-electron chi connectivity index (χ0n) is 10.6. The number of hydrogen-bond acceptors (Lipinski definition) is 1. The number of nitrogens with one attached hydrogen (secondary N) is 1. The SMILES string of the molecule is Cc1ccc(C(C)C)cc1CNC(=O)C(F)(F)F. The van der Waals surface area contributed by atoms with Crippen LogP contribution in [0.1, 0.15) is 36.5 Å². The van der Waals surface area contributed by atoms with Gasteiger partial charge in [0.15, 0.2) is 0 Å². The summed E-state index contributed by atoms with van der Waals surface area (Å²) >= 11 is 0. The highest BCUT2D eigenvalue weighted by molar-refractivity contribution is 5.81. The summed E-state index contributed by atoms with van der Waals surface area (Å²) in [5.74, 6) is -1.61. The van der Waals surface area contributed by atoms with Gasteiger partial charge in [0.05, 0.1) is 0 Å². The first-order valence-corrected chi connectivity index (χ1v) is 5.66. The van der Waals surface area contributed by atoms with Gasteiger partial charge < -0.3 is 5.32 Å². The maximum absolute atomic E-state index is 12.0. The van der Waals surface area contributed by atoms with E-state index in [9.17, 15) is 18.0 Å². The highest BCUT2D eigenvalue weighted by Gasteiger charge is 2.38. The van der Waals surface area contributed by atoms with Gasteiger partial charge in [-0.05, 0) is 29.5 Å². The molecule has 0 heterocycles.